The van der Waals surface area contributed by atoms with Crippen LogP contribution in [0, 0.1) is 0 Å². The minimum atomic E-state index is -3.85. The van der Waals surface area contributed by atoms with Gasteiger partial charge in [-0.2, -0.15) is 0 Å². The van der Waals surface area contributed by atoms with Crippen molar-refractivity contribution in [3.8, 4) is 0 Å². The molecule has 1 saturated heterocycles. The maximum absolute atomic E-state index is 9.96. The van der Waals surface area contributed by atoms with Crippen LogP contribution in [-0.2, 0) is 4.57 Å². The van der Waals surface area contributed by atoms with Gasteiger partial charge in [0.1, 0.15) is 0 Å². The van der Waals surface area contributed by atoms with Gasteiger partial charge in [-0.1, -0.05) is 0 Å². The second-order valence-corrected chi connectivity index (χ2v) is 2.97. The van der Waals surface area contributed by atoms with E-state index < -0.39 is 13.5 Å². The maximum Gasteiger partial charge on any atom is 1.00 e. The third-order valence-corrected chi connectivity index (χ3v) is 1.54. The highest BCUT2D eigenvalue weighted by atomic mass is 31.2. The Morgan fingerprint density at radius 2 is 2.00 bits per heavy atom. The zero-order chi connectivity index (χ0) is 5.49. The minimum Gasteiger partial charge on any atom is -0.322 e. The van der Waals surface area contributed by atoms with Crippen LogP contribution >= 0.6 is 7.60 Å². The Hall–Kier alpha value is 0.0700. The Morgan fingerprint density at radius 1 is 1.57 bits per heavy atom. The lowest BCUT2D eigenvalue weighted by atomic mass is 11.4. The third-order valence-electron chi connectivity index (χ3n) is 0.610. The van der Waals surface area contributed by atoms with Gasteiger partial charge in [0.25, 0.3) is 0 Å². The third kappa shape index (κ3) is 1.22. The Kier molecular flexibility index (Phi) is 0.948. The molecular formula is CH6N2O3P+. The van der Waals surface area contributed by atoms with Gasteiger partial charge in [-0.3, -0.25) is 4.57 Å². The average molecular weight is 125 g/mol. The predicted molar refractivity (Wildman–Crippen MR) is 23.2 cm³/mol. The highest BCUT2D eigenvalue weighted by Crippen LogP contribution is 2.41. The summed E-state index contributed by atoms with van der Waals surface area (Å²) in [7, 11) is -3.85. The van der Waals surface area contributed by atoms with Crippen molar-refractivity contribution in [2.24, 2.45) is 0 Å². The molecule has 7 heavy (non-hydrogen) atoms. The predicted octanol–water partition coefficient (Wildman–Crippen LogP) is -1.33. The maximum atomic E-state index is 9.96. The first kappa shape index (κ1) is 5.21. The summed E-state index contributed by atoms with van der Waals surface area (Å²) in [5.41, 5.74) is 4.52. The Balaban J connectivity index is 0.000000490. The van der Waals surface area contributed by atoms with Crippen molar-refractivity contribution in [1.82, 2.24) is 10.9 Å². The fraction of sp³-hybridized carbons (Fsp3) is 1.00. The van der Waals surface area contributed by atoms with Crippen molar-refractivity contribution in [2.45, 2.75) is 5.91 Å². The molecule has 0 aromatic carbocycles. The molecule has 0 amide bonds. The molecule has 1 fully saturated rings. The molecule has 0 aromatic rings. The summed E-state index contributed by atoms with van der Waals surface area (Å²) < 4.78 is 9.96. The monoisotopic (exact) mass is 125 g/mol. The van der Waals surface area contributed by atoms with Crippen LogP contribution in [0.5, 0.6) is 0 Å². The molecule has 0 aromatic heterocycles. The quantitative estimate of drug-likeness (QED) is 0.257. The van der Waals surface area contributed by atoms with Gasteiger partial charge in [0.05, 0.1) is 0 Å². The number of hydrogen-bond acceptors (Lipinski definition) is 3. The Labute approximate surface area is 41.3 Å². The zero-order valence-electron chi connectivity index (χ0n) is 4.33. The molecule has 0 radical (unpaired) electrons. The van der Waals surface area contributed by atoms with E-state index >= 15 is 0 Å². The van der Waals surface area contributed by atoms with Gasteiger partial charge in [-0.05, 0) is 0 Å². The van der Waals surface area contributed by atoms with Gasteiger partial charge in [0, 0.05) is 0 Å². The summed E-state index contributed by atoms with van der Waals surface area (Å²) in [6.45, 7) is 0. The molecule has 0 bridgehead atoms. The first-order chi connectivity index (χ1) is 3.11. The average Bonchev–Trinajstić information content (AvgIpc) is 1.99. The molecule has 0 spiro atoms. The van der Waals surface area contributed by atoms with Crippen LogP contribution in [0.15, 0.2) is 0 Å². The van der Waals surface area contributed by atoms with Gasteiger partial charge in [-0.15, -0.1) is 0 Å². The summed E-state index contributed by atoms with van der Waals surface area (Å²) in [6.07, 6.45) is 0. The highest BCUT2D eigenvalue weighted by Gasteiger charge is 2.37. The molecule has 1 heterocycles. The van der Waals surface area contributed by atoms with E-state index in [1.807, 2.05) is 0 Å². The molecule has 1 rings (SSSR count). The topological polar surface area (TPSA) is 101 Å². The van der Waals surface area contributed by atoms with Crippen molar-refractivity contribution < 1.29 is 15.8 Å². The molecule has 0 aliphatic carbocycles. The molecule has 4 N–H and O–H groups in total. The normalized spacial score (nSPS) is 22.6. The van der Waals surface area contributed by atoms with E-state index in [1.54, 1.807) is 0 Å². The van der Waals surface area contributed by atoms with E-state index in [0.29, 0.717) is 0 Å². The molecule has 1 aliphatic heterocycles. The van der Waals surface area contributed by atoms with Crippen molar-refractivity contribution in [1.29, 1.82) is 0 Å². The molecule has 5 nitrogen and oxygen atoms in total. The Morgan fingerprint density at radius 3 is 2.00 bits per heavy atom. The standard InChI is InChI=1S/CH5N2O3P/c4-7(5,6)1-2-3-1/h1-3H,(H2,4,5,6)/p+1. The fourth-order valence-electron chi connectivity index (χ4n) is 0.205. The summed E-state index contributed by atoms with van der Waals surface area (Å²) in [5, 5.41) is 0. The summed E-state index contributed by atoms with van der Waals surface area (Å²) in [4.78, 5) is 16.3. The molecule has 6 heteroatoms. The molecule has 0 unspecified atom stereocenters. The van der Waals surface area contributed by atoms with E-state index in [0.717, 1.165) is 0 Å². The fourth-order valence-corrected chi connectivity index (χ4v) is 0.616. The minimum absolute atomic E-state index is 0. The van der Waals surface area contributed by atoms with Gasteiger partial charge >= 0.3 is 9.02 Å². The SMILES string of the molecule is O=P(O)(O)C1NN1.[H+]. The molecule has 1 aliphatic rings. The number of hydrogen-bond donors (Lipinski definition) is 4. The van der Waals surface area contributed by atoms with E-state index in [4.69, 9.17) is 9.79 Å². The van der Waals surface area contributed by atoms with Crippen LogP contribution in [0.3, 0.4) is 0 Å². The summed E-state index contributed by atoms with van der Waals surface area (Å²) in [6, 6.07) is 0. The van der Waals surface area contributed by atoms with Crippen LogP contribution in [0.2, 0.25) is 0 Å². The van der Waals surface area contributed by atoms with Gasteiger partial charge < -0.3 is 9.79 Å². The van der Waals surface area contributed by atoms with Crippen molar-refractivity contribution >= 4 is 7.60 Å². The van der Waals surface area contributed by atoms with Crippen LogP contribution in [-0.4, -0.2) is 15.7 Å². The first-order valence-electron chi connectivity index (χ1n) is 1.67. The lowest BCUT2D eigenvalue weighted by Gasteiger charge is -1.92. The second kappa shape index (κ2) is 1.27. The van der Waals surface area contributed by atoms with E-state index in [1.165, 1.54) is 0 Å². The highest BCUT2D eigenvalue weighted by molar-refractivity contribution is 7.52. The van der Waals surface area contributed by atoms with Crippen molar-refractivity contribution in [3.63, 3.8) is 0 Å². The zero-order valence-corrected chi connectivity index (χ0v) is 4.22. The van der Waals surface area contributed by atoms with Crippen molar-refractivity contribution in [2.75, 3.05) is 0 Å². The summed E-state index contributed by atoms with van der Waals surface area (Å²) in [5.74, 6) is -0.785. The molecule has 0 atom stereocenters. The molecule has 42 valence electrons. The number of rotatable bonds is 1. The smallest absolute Gasteiger partial charge is 0.322 e. The first-order valence-corrected chi connectivity index (χ1v) is 3.35. The van der Waals surface area contributed by atoms with Gasteiger partial charge in [0.2, 0.25) is 0 Å². The lowest BCUT2D eigenvalue weighted by molar-refractivity contribution is 0.369. The van der Waals surface area contributed by atoms with Crippen LogP contribution < -0.4 is 10.9 Å². The van der Waals surface area contributed by atoms with Crippen LogP contribution in [0.1, 0.15) is 1.43 Å². The van der Waals surface area contributed by atoms with E-state index in [-0.39, 0.29) is 1.43 Å². The number of hydrazine groups is 1. The molecule has 0 saturated carbocycles. The van der Waals surface area contributed by atoms with Gasteiger partial charge in [0.15, 0.2) is 5.91 Å². The molecular weight excluding hydrogens is 119 g/mol. The van der Waals surface area contributed by atoms with E-state index in [9.17, 15) is 4.57 Å². The second-order valence-electron chi connectivity index (χ2n) is 1.28. The Bertz CT molecular complexity index is 118. The van der Waals surface area contributed by atoms with Gasteiger partial charge in [-0.25, -0.2) is 10.9 Å². The van der Waals surface area contributed by atoms with Crippen molar-refractivity contribution in [3.05, 3.63) is 0 Å². The van der Waals surface area contributed by atoms with Crippen LogP contribution in [0.4, 0.5) is 0 Å². The summed E-state index contributed by atoms with van der Waals surface area (Å²) >= 11 is 0. The van der Waals surface area contributed by atoms with Crippen LogP contribution in [0.25, 0.3) is 0 Å². The largest absolute Gasteiger partial charge is 1.00 e. The number of nitrogens with one attached hydrogen (secondary N) is 2. The lowest BCUT2D eigenvalue weighted by Crippen LogP contribution is -1.91. The van der Waals surface area contributed by atoms with E-state index in [2.05, 4.69) is 10.9 Å².